The zero-order valence-corrected chi connectivity index (χ0v) is 17.5. The van der Waals surface area contributed by atoms with Crippen LogP contribution in [0.15, 0.2) is 0 Å². The van der Waals surface area contributed by atoms with Gasteiger partial charge >= 0.3 is 6.09 Å². The zero-order chi connectivity index (χ0) is 18.2. The predicted molar refractivity (Wildman–Crippen MR) is 98.5 cm³/mol. The molecule has 1 aliphatic rings. The first-order chi connectivity index (χ1) is 10.3. The summed E-state index contributed by atoms with van der Waals surface area (Å²) in [7, 11) is -1.90. The van der Waals surface area contributed by atoms with Crippen LogP contribution in [0.5, 0.6) is 0 Å². The van der Waals surface area contributed by atoms with Crippen LogP contribution < -0.4 is 5.32 Å². The van der Waals surface area contributed by atoms with Crippen molar-refractivity contribution in [3.63, 3.8) is 0 Å². The lowest BCUT2D eigenvalue weighted by molar-refractivity contribution is -0.0475. The summed E-state index contributed by atoms with van der Waals surface area (Å²) >= 11 is 0. The fraction of sp³-hybridized carbons (Fsp3) is 0.944. The van der Waals surface area contributed by atoms with Gasteiger partial charge in [0, 0.05) is 6.10 Å². The average molecular weight is 344 g/mol. The first-order valence-electron chi connectivity index (χ1n) is 8.97. The Bertz CT molecular complexity index is 399. The summed E-state index contributed by atoms with van der Waals surface area (Å²) in [6.07, 6.45) is 0.811. The van der Waals surface area contributed by atoms with Crippen molar-refractivity contribution in [2.24, 2.45) is 5.41 Å². The van der Waals surface area contributed by atoms with E-state index in [0.29, 0.717) is 16.6 Å². The molecule has 0 aromatic carbocycles. The minimum absolute atomic E-state index is 0.108. The first kappa shape index (κ1) is 20.5. The molecule has 0 heterocycles. The van der Waals surface area contributed by atoms with Gasteiger partial charge < -0.3 is 14.8 Å². The highest BCUT2D eigenvalue weighted by molar-refractivity contribution is 6.77. The molecule has 2 N–H and O–H groups in total. The second-order valence-electron chi connectivity index (χ2n) is 9.23. The molecule has 0 radical (unpaired) electrons. The minimum atomic E-state index is -1.90. The van der Waals surface area contributed by atoms with Crippen LogP contribution >= 0.6 is 0 Å². The van der Waals surface area contributed by atoms with Crippen molar-refractivity contribution >= 4 is 14.4 Å². The largest absolute Gasteiger partial charge is 0.465 e. The Labute approximate surface area is 143 Å². The fourth-order valence-corrected chi connectivity index (χ4v) is 10.2. The molecule has 0 atom stereocenters. The molecule has 5 heteroatoms. The number of nitrogens with one attached hydrogen (secondary N) is 1. The Morgan fingerprint density at radius 2 is 1.48 bits per heavy atom. The van der Waals surface area contributed by atoms with Crippen molar-refractivity contribution in [1.82, 2.24) is 5.32 Å². The number of carbonyl (C=O) groups is 1. The van der Waals surface area contributed by atoms with Gasteiger partial charge in [-0.25, -0.2) is 4.79 Å². The second-order valence-corrected chi connectivity index (χ2v) is 14.6. The number of amides is 1. The van der Waals surface area contributed by atoms with E-state index in [2.05, 4.69) is 67.6 Å². The molecular formula is C18H37NO3Si. The molecule has 1 saturated carbocycles. The first-order valence-corrected chi connectivity index (χ1v) is 11.1. The summed E-state index contributed by atoms with van der Waals surface area (Å²) in [6, 6.07) is 0. The summed E-state index contributed by atoms with van der Waals surface area (Å²) in [5.41, 5.74) is 1.19. The van der Waals surface area contributed by atoms with Gasteiger partial charge in [0.2, 0.25) is 8.32 Å². The third-order valence-corrected chi connectivity index (χ3v) is 12.2. The third kappa shape index (κ3) is 3.76. The van der Waals surface area contributed by atoms with Gasteiger partial charge in [-0.1, -0.05) is 62.3 Å². The van der Waals surface area contributed by atoms with E-state index in [1.807, 2.05) is 0 Å². The predicted octanol–water partition coefficient (Wildman–Crippen LogP) is 5.39. The van der Waals surface area contributed by atoms with Gasteiger partial charge in [0.05, 0.1) is 5.54 Å². The highest BCUT2D eigenvalue weighted by atomic mass is 28.4. The van der Waals surface area contributed by atoms with Crippen LogP contribution in [-0.2, 0) is 4.43 Å². The zero-order valence-electron chi connectivity index (χ0n) is 16.5. The molecule has 1 amide bonds. The van der Waals surface area contributed by atoms with Gasteiger partial charge in [-0.05, 0) is 34.9 Å². The van der Waals surface area contributed by atoms with E-state index in [0.717, 1.165) is 12.8 Å². The lowest BCUT2D eigenvalue weighted by atomic mass is 9.60. The molecule has 0 unspecified atom stereocenters. The number of carboxylic acid groups (broad SMARTS) is 1. The lowest BCUT2D eigenvalue weighted by Crippen LogP contribution is -2.68. The van der Waals surface area contributed by atoms with Crippen LogP contribution in [0.25, 0.3) is 0 Å². The maximum absolute atomic E-state index is 11.2. The van der Waals surface area contributed by atoms with Crippen LogP contribution in [0.4, 0.5) is 4.79 Å². The van der Waals surface area contributed by atoms with Crippen LogP contribution in [0.2, 0.25) is 16.6 Å². The molecule has 1 fully saturated rings. The van der Waals surface area contributed by atoms with E-state index in [-0.39, 0.29) is 17.1 Å². The summed E-state index contributed by atoms with van der Waals surface area (Å²) < 4.78 is 6.80. The van der Waals surface area contributed by atoms with E-state index < -0.39 is 14.4 Å². The minimum Gasteiger partial charge on any atom is -0.465 e. The number of hydrogen-bond acceptors (Lipinski definition) is 2. The summed E-state index contributed by atoms with van der Waals surface area (Å²) in [5.74, 6) is 0. The smallest absolute Gasteiger partial charge is 0.405 e. The molecule has 0 bridgehead atoms. The van der Waals surface area contributed by atoms with Gasteiger partial charge in [0.25, 0.3) is 0 Å². The van der Waals surface area contributed by atoms with Gasteiger partial charge in [-0.15, -0.1) is 0 Å². The highest BCUT2D eigenvalue weighted by Crippen LogP contribution is 2.51. The van der Waals surface area contributed by atoms with E-state index in [9.17, 15) is 9.90 Å². The van der Waals surface area contributed by atoms with Gasteiger partial charge in [-0.3, -0.25) is 0 Å². The molecular weight excluding hydrogens is 306 g/mol. The van der Waals surface area contributed by atoms with Gasteiger partial charge in [-0.2, -0.15) is 0 Å². The Hall–Kier alpha value is -0.553. The van der Waals surface area contributed by atoms with Crippen molar-refractivity contribution in [2.75, 3.05) is 0 Å². The molecule has 0 aromatic heterocycles. The molecule has 0 aromatic rings. The third-order valence-electron chi connectivity index (χ3n) is 6.01. The highest BCUT2D eigenvalue weighted by Gasteiger charge is 2.57. The quantitative estimate of drug-likeness (QED) is 0.635. The number of rotatable bonds is 6. The molecule has 0 aliphatic heterocycles. The second kappa shape index (κ2) is 6.75. The average Bonchev–Trinajstić information content (AvgIpc) is 2.27. The summed E-state index contributed by atoms with van der Waals surface area (Å²) in [4.78, 5) is 11.2. The van der Waals surface area contributed by atoms with Crippen LogP contribution in [0.1, 0.15) is 75.2 Å². The van der Waals surface area contributed by atoms with E-state index in [1.165, 1.54) is 0 Å². The van der Waals surface area contributed by atoms with Gasteiger partial charge in [0.15, 0.2) is 0 Å². The maximum Gasteiger partial charge on any atom is 0.405 e. The lowest BCUT2D eigenvalue weighted by Gasteiger charge is -2.58. The standard InChI is InChI=1S/C18H37NO3Si/c1-12(2)23(13(3)4,14(5)6)22-15-10-18(11-15,17(7,8)9)19-16(20)21/h12-15,19H,10-11H2,1-9H3,(H,20,21)/t15-,18-. The molecule has 0 spiro atoms. The molecule has 0 saturated heterocycles. The topological polar surface area (TPSA) is 58.6 Å². The van der Waals surface area contributed by atoms with E-state index in [4.69, 9.17) is 4.43 Å². The SMILES string of the molecule is CC(C)[Si](O[C@H]1C[C@@](NC(=O)O)(C(C)(C)C)C1)(C(C)C)C(C)C. The Kier molecular flexibility index (Phi) is 6.01. The normalized spacial score (nSPS) is 25.8. The van der Waals surface area contributed by atoms with Crippen molar-refractivity contribution in [3.05, 3.63) is 0 Å². The monoisotopic (exact) mass is 343 g/mol. The Morgan fingerprint density at radius 3 is 1.74 bits per heavy atom. The van der Waals surface area contributed by atoms with Crippen LogP contribution in [0, 0.1) is 5.41 Å². The van der Waals surface area contributed by atoms with Crippen LogP contribution in [-0.4, -0.2) is 31.2 Å². The van der Waals surface area contributed by atoms with Gasteiger partial charge in [0.1, 0.15) is 0 Å². The molecule has 136 valence electrons. The summed E-state index contributed by atoms with van der Waals surface area (Å²) in [6.45, 7) is 20.1. The molecule has 23 heavy (non-hydrogen) atoms. The maximum atomic E-state index is 11.2. The molecule has 1 aliphatic carbocycles. The number of hydrogen-bond donors (Lipinski definition) is 2. The molecule has 1 rings (SSSR count). The van der Waals surface area contributed by atoms with Crippen molar-refractivity contribution in [3.8, 4) is 0 Å². The van der Waals surface area contributed by atoms with Crippen LogP contribution in [0.3, 0.4) is 0 Å². The van der Waals surface area contributed by atoms with E-state index in [1.54, 1.807) is 0 Å². The fourth-order valence-electron chi connectivity index (χ4n) is 4.60. The van der Waals surface area contributed by atoms with Crippen molar-refractivity contribution < 1.29 is 14.3 Å². The van der Waals surface area contributed by atoms with Crippen molar-refractivity contribution in [1.29, 1.82) is 0 Å². The van der Waals surface area contributed by atoms with Crippen molar-refractivity contribution in [2.45, 2.75) is 103 Å². The summed E-state index contributed by atoms with van der Waals surface area (Å²) in [5, 5.41) is 12.0. The Balaban J connectivity index is 2.94. The molecule has 4 nitrogen and oxygen atoms in total. The Morgan fingerprint density at radius 1 is 1.09 bits per heavy atom. The van der Waals surface area contributed by atoms with E-state index >= 15 is 0 Å².